The van der Waals surface area contributed by atoms with Gasteiger partial charge in [0.15, 0.2) is 0 Å². The van der Waals surface area contributed by atoms with Crippen LogP contribution in [0.5, 0.6) is 0 Å². The second-order valence-electron chi connectivity index (χ2n) is 18.9. The van der Waals surface area contributed by atoms with Crippen LogP contribution in [-0.2, 0) is 14.4 Å². The van der Waals surface area contributed by atoms with Crippen molar-refractivity contribution in [2.45, 2.75) is 151 Å². The predicted molar refractivity (Wildman–Crippen MR) is 183 cm³/mol. The molecule has 8 nitrogen and oxygen atoms in total. The first-order valence-electron chi connectivity index (χ1n) is 18.5. The Morgan fingerprint density at radius 3 is 2.21 bits per heavy atom. The van der Waals surface area contributed by atoms with E-state index >= 15 is 0 Å². The van der Waals surface area contributed by atoms with Gasteiger partial charge < -0.3 is 26.0 Å². The summed E-state index contributed by atoms with van der Waals surface area (Å²) >= 11 is 0. The Hall–Kier alpha value is -1.93. The Labute approximate surface area is 283 Å². The first kappa shape index (κ1) is 36.4. The number of carboxylic acid groups (broad SMARTS) is 1. The molecule has 5 aliphatic carbocycles. The minimum absolute atomic E-state index is 0.0296. The summed E-state index contributed by atoms with van der Waals surface area (Å²) in [6.45, 7) is 20.3. The fourth-order valence-electron chi connectivity index (χ4n) is 12.2. The molecule has 0 aromatic carbocycles. The third-order valence-electron chi connectivity index (χ3n) is 15.1. The lowest BCUT2D eigenvalue weighted by Crippen LogP contribution is -2.67. The van der Waals surface area contributed by atoms with E-state index in [1.54, 1.807) is 13.8 Å². The molecule has 2 amide bonds. The fraction of sp³-hybridized carbons (Fsp3) is 0.872. The number of aliphatic hydroxyl groups excluding tert-OH is 2. The Balaban J connectivity index is 1.37. The maximum atomic E-state index is 14.3. The van der Waals surface area contributed by atoms with Crippen LogP contribution in [0.2, 0.25) is 0 Å². The summed E-state index contributed by atoms with van der Waals surface area (Å²) in [5.41, 5.74) is 0.706. The van der Waals surface area contributed by atoms with E-state index in [-0.39, 0.29) is 57.1 Å². The van der Waals surface area contributed by atoms with Crippen LogP contribution < -0.4 is 10.6 Å². The number of carbonyl (C=O) groups is 3. The molecule has 4 fully saturated rings. The zero-order valence-electron chi connectivity index (χ0n) is 30.7. The molecule has 0 unspecified atom stereocenters. The summed E-state index contributed by atoms with van der Waals surface area (Å²) in [6, 6.07) is -0.914. The van der Waals surface area contributed by atoms with Crippen LogP contribution in [0.4, 0.5) is 0 Å². The van der Waals surface area contributed by atoms with Crippen molar-refractivity contribution >= 4 is 17.8 Å². The summed E-state index contributed by atoms with van der Waals surface area (Å²) in [4.78, 5) is 38.3. The van der Waals surface area contributed by atoms with Gasteiger partial charge in [0.2, 0.25) is 11.8 Å². The van der Waals surface area contributed by atoms with Crippen molar-refractivity contribution in [1.82, 2.24) is 10.6 Å². The van der Waals surface area contributed by atoms with E-state index in [2.05, 4.69) is 65.2 Å². The van der Waals surface area contributed by atoms with Gasteiger partial charge in [0, 0.05) is 13.0 Å². The first-order chi connectivity index (χ1) is 21.7. The van der Waals surface area contributed by atoms with Gasteiger partial charge in [-0.1, -0.05) is 74.0 Å². The highest BCUT2D eigenvalue weighted by molar-refractivity contribution is 5.85. The van der Waals surface area contributed by atoms with Crippen LogP contribution in [0, 0.1) is 56.2 Å². The van der Waals surface area contributed by atoms with Crippen LogP contribution >= 0.6 is 0 Å². The molecule has 8 heteroatoms. The van der Waals surface area contributed by atoms with Crippen molar-refractivity contribution in [3.05, 3.63) is 11.6 Å². The Kier molecular flexibility index (Phi) is 9.39. The van der Waals surface area contributed by atoms with Gasteiger partial charge in [0.1, 0.15) is 6.04 Å². The van der Waals surface area contributed by atoms with E-state index in [1.807, 2.05) is 0 Å². The third-order valence-corrected chi connectivity index (χ3v) is 15.1. The molecule has 5 aliphatic rings. The average Bonchev–Trinajstić information content (AvgIpc) is 2.96. The standard InChI is InChI=1S/C39H64N2O6/c1-23(2)30(32(45)46)41-29(43)11-10-20-40-33(47)39-18-16-34(3,4)21-25(39)24-12-13-28-36(7)22-26(42)31(44)35(5,6)27(36)14-15-38(28,9)37(24,8)17-19-39/h12,23,25-28,30-31,42,44H,10-11,13-22H2,1-9H3,(H,40,47)(H,41,43)(H,45,46)/t25-,26+,27-,28+,30-,31-,36-,37+,38+,39-/m0/s1. The molecule has 0 spiro atoms. The molecule has 266 valence electrons. The van der Waals surface area contributed by atoms with Crippen LogP contribution in [0.3, 0.4) is 0 Å². The van der Waals surface area contributed by atoms with E-state index in [9.17, 15) is 29.7 Å². The smallest absolute Gasteiger partial charge is 0.326 e. The van der Waals surface area contributed by atoms with Crippen molar-refractivity contribution in [2.75, 3.05) is 6.54 Å². The summed E-state index contributed by atoms with van der Waals surface area (Å²) in [7, 11) is 0. The summed E-state index contributed by atoms with van der Waals surface area (Å²) in [5, 5.41) is 37.5. The lowest BCUT2D eigenvalue weighted by molar-refractivity contribution is -0.231. The van der Waals surface area contributed by atoms with Gasteiger partial charge >= 0.3 is 5.97 Å². The van der Waals surface area contributed by atoms with E-state index in [0.29, 0.717) is 31.2 Å². The monoisotopic (exact) mass is 656 g/mol. The normalized spacial score (nSPS) is 42.5. The highest BCUT2D eigenvalue weighted by Gasteiger charge is 2.70. The molecule has 10 atom stereocenters. The van der Waals surface area contributed by atoms with Gasteiger partial charge in [-0.15, -0.1) is 0 Å². The highest BCUT2D eigenvalue weighted by atomic mass is 16.4. The van der Waals surface area contributed by atoms with Gasteiger partial charge in [0.05, 0.1) is 17.6 Å². The largest absolute Gasteiger partial charge is 0.480 e. The Bertz CT molecular complexity index is 1290. The van der Waals surface area contributed by atoms with E-state index in [1.165, 1.54) is 5.57 Å². The van der Waals surface area contributed by atoms with Crippen LogP contribution in [0.25, 0.3) is 0 Å². The maximum Gasteiger partial charge on any atom is 0.326 e. The number of hydrogen-bond donors (Lipinski definition) is 5. The van der Waals surface area contributed by atoms with E-state index in [0.717, 1.165) is 51.4 Å². The topological polar surface area (TPSA) is 136 Å². The molecule has 0 bridgehead atoms. The lowest BCUT2D eigenvalue weighted by Gasteiger charge is -2.71. The lowest BCUT2D eigenvalue weighted by atomic mass is 9.33. The van der Waals surface area contributed by atoms with Crippen LogP contribution in [0.1, 0.15) is 133 Å². The summed E-state index contributed by atoms with van der Waals surface area (Å²) in [5.74, 6) is -0.534. The molecule has 0 saturated heterocycles. The number of hydrogen-bond acceptors (Lipinski definition) is 5. The first-order valence-corrected chi connectivity index (χ1v) is 18.5. The second kappa shape index (κ2) is 12.1. The minimum atomic E-state index is -1.03. The number of rotatable bonds is 8. The van der Waals surface area contributed by atoms with Crippen molar-refractivity contribution in [1.29, 1.82) is 0 Å². The molecule has 0 aromatic rings. The van der Waals surface area contributed by atoms with Gasteiger partial charge in [-0.3, -0.25) is 9.59 Å². The molecular formula is C39H64N2O6. The molecule has 0 aliphatic heterocycles. The van der Waals surface area contributed by atoms with Crippen molar-refractivity contribution in [2.24, 2.45) is 56.2 Å². The van der Waals surface area contributed by atoms with E-state index < -0.39 is 29.6 Å². The molecule has 0 aromatic heterocycles. The molecule has 0 heterocycles. The number of aliphatic hydroxyl groups is 2. The summed E-state index contributed by atoms with van der Waals surface area (Å²) in [6.07, 6.45) is 10.1. The number of allylic oxidation sites excluding steroid dienone is 2. The minimum Gasteiger partial charge on any atom is -0.480 e. The summed E-state index contributed by atoms with van der Waals surface area (Å²) < 4.78 is 0. The number of amides is 2. The van der Waals surface area contributed by atoms with Gasteiger partial charge in [0.25, 0.3) is 0 Å². The number of carbonyl (C=O) groups excluding carboxylic acids is 2. The molecule has 5 rings (SSSR count). The number of nitrogens with one attached hydrogen (secondary N) is 2. The maximum absolute atomic E-state index is 14.3. The number of aliphatic carboxylic acids is 1. The van der Waals surface area contributed by atoms with Crippen molar-refractivity contribution < 1.29 is 29.7 Å². The predicted octanol–water partition coefficient (Wildman–Crippen LogP) is 6.24. The zero-order chi connectivity index (χ0) is 35.0. The van der Waals surface area contributed by atoms with Gasteiger partial charge in [-0.25, -0.2) is 4.79 Å². The third kappa shape index (κ3) is 5.69. The number of fused-ring (bicyclic) bond motifs is 7. The molecule has 47 heavy (non-hydrogen) atoms. The molecule has 4 saturated carbocycles. The van der Waals surface area contributed by atoms with Gasteiger partial charge in [-0.2, -0.15) is 0 Å². The number of carboxylic acids is 1. The van der Waals surface area contributed by atoms with E-state index in [4.69, 9.17) is 0 Å². The SMILES string of the molecule is CC(C)[C@H](NC(=O)CCCNC(=O)[C@]12CCC(C)(C)C[C@H]1C1=CC[C@@H]3[C@@]4(C)C[C@@H](O)[C@H](O)C(C)(C)[C@@H]4CC[C@@]3(C)[C@]1(C)CC2)C(=O)O. The van der Waals surface area contributed by atoms with Crippen molar-refractivity contribution in [3.8, 4) is 0 Å². The molecule has 5 N–H and O–H groups in total. The highest BCUT2D eigenvalue weighted by Crippen LogP contribution is 2.75. The van der Waals surface area contributed by atoms with Crippen LogP contribution in [0.15, 0.2) is 11.6 Å². The second-order valence-corrected chi connectivity index (χ2v) is 18.9. The van der Waals surface area contributed by atoms with Crippen LogP contribution in [-0.4, -0.2) is 57.9 Å². The van der Waals surface area contributed by atoms with Crippen molar-refractivity contribution in [3.63, 3.8) is 0 Å². The molecule has 0 radical (unpaired) electrons. The quantitative estimate of drug-likeness (QED) is 0.155. The van der Waals surface area contributed by atoms with Gasteiger partial charge in [-0.05, 0) is 115 Å². The Morgan fingerprint density at radius 2 is 1.57 bits per heavy atom. The average molecular weight is 657 g/mol. The zero-order valence-corrected chi connectivity index (χ0v) is 30.7. The molecular weight excluding hydrogens is 592 g/mol. The fourth-order valence-corrected chi connectivity index (χ4v) is 12.2. The Morgan fingerprint density at radius 1 is 0.915 bits per heavy atom.